The minimum Gasteiger partial charge on any atom is -0.744 e. The van der Waals surface area contributed by atoms with Crippen molar-refractivity contribution in [3.05, 3.63) is 40.9 Å². The van der Waals surface area contributed by atoms with Gasteiger partial charge in [-0.25, -0.2) is 8.42 Å². The average Bonchev–Trinajstić information content (AvgIpc) is 2.35. The van der Waals surface area contributed by atoms with E-state index in [1.807, 2.05) is 0 Å². The first-order valence-corrected chi connectivity index (χ1v) is 6.34. The zero-order valence-electron chi connectivity index (χ0n) is 9.98. The normalized spacial score (nSPS) is 17.1. The van der Waals surface area contributed by atoms with E-state index in [0.717, 1.165) is 0 Å². The second-order valence-electron chi connectivity index (χ2n) is 3.69. The van der Waals surface area contributed by atoms with Gasteiger partial charge < -0.3 is 14.9 Å². The molecule has 0 fully saturated rings. The molecule has 0 spiro atoms. The second kappa shape index (κ2) is 5.92. The largest absolute Gasteiger partial charge is 1.00 e. The van der Waals surface area contributed by atoms with Gasteiger partial charge in [-0.15, -0.1) is 0 Å². The van der Waals surface area contributed by atoms with Crippen molar-refractivity contribution in [3.8, 4) is 0 Å². The molecular weight excluding hydrogens is 279 g/mol. The van der Waals surface area contributed by atoms with Crippen molar-refractivity contribution in [1.82, 2.24) is 0 Å². The van der Waals surface area contributed by atoms with Crippen molar-refractivity contribution in [2.75, 3.05) is 0 Å². The number of benzene rings is 1. The predicted molar refractivity (Wildman–Crippen MR) is 60.9 cm³/mol. The van der Waals surface area contributed by atoms with Crippen molar-refractivity contribution in [2.45, 2.75) is 10.8 Å². The Labute approximate surface area is 131 Å². The predicted octanol–water partition coefficient (Wildman–Crippen LogP) is -2.43. The van der Waals surface area contributed by atoms with Crippen molar-refractivity contribution in [2.24, 2.45) is 0 Å². The van der Waals surface area contributed by atoms with Gasteiger partial charge in [0.2, 0.25) is 0 Å². The summed E-state index contributed by atoms with van der Waals surface area (Å²) in [6.45, 7) is 0. The summed E-state index contributed by atoms with van der Waals surface area (Å²) in [5.74, 6) is -0.878. The van der Waals surface area contributed by atoms with Crippen LogP contribution in [-0.2, 0) is 14.9 Å². The van der Waals surface area contributed by atoms with Crippen LogP contribution in [0.25, 0.3) is 11.6 Å². The van der Waals surface area contributed by atoms with E-state index in [9.17, 15) is 17.8 Å². The Morgan fingerprint density at radius 1 is 1.32 bits per heavy atom. The summed E-state index contributed by atoms with van der Waals surface area (Å²) >= 11 is 0. The van der Waals surface area contributed by atoms with Gasteiger partial charge >= 0.3 is 35.3 Å². The van der Waals surface area contributed by atoms with E-state index in [1.54, 1.807) is 0 Å². The van der Waals surface area contributed by atoms with Gasteiger partial charge in [-0.2, -0.15) is 4.79 Å². The molecule has 1 aliphatic carbocycles. The Morgan fingerprint density at radius 2 is 2.00 bits per heavy atom. The molecule has 0 saturated carbocycles. The number of nitrogens with zero attached hydrogens (tertiary/aromatic N) is 2. The molecule has 8 heteroatoms. The van der Waals surface area contributed by atoms with Crippen LogP contribution in [-0.4, -0.2) is 29.8 Å². The first kappa shape index (κ1) is 16.0. The molecule has 1 aliphatic rings. The number of carbonyl (C=O) groups excluding carboxylic acids is 1. The van der Waals surface area contributed by atoms with E-state index >= 15 is 0 Å². The molecule has 1 aromatic rings. The Morgan fingerprint density at radius 3 is 2.53 bits per heavy atom. The molecular formula is C11H7N2NaO4S. The number of fused-ring (bicyclic) bond motifs is 1. The Bertz CT molecular complexity index is 705. The van der Waals surface area contributed by atoms with Gasteiger partial charge in [0, 0.05) is 6.08 Å². The molecule has 92 valence electrons. The summed E-state index contributed by atoms with van der Waals surface area (Å²) in [5.41, 5.74) is 9.34. The standard InChI is InChI=1S/C11H8N2O4S.Na/c12-13-10-5-4-8-7(9(10)6-14)2-1-3-11(8)18(15,16)17;/h1-6,9H,(H,15,16,17);/q;+1/p-1. The summed E-state index contributed by atoms with van der Waals surface area (Å²) in [4.78, 5) is 13.6. The van der Waals surface area contributed by atoms with Crippen LogP contribution in [0.4, 0.5) is 0 Å². The molecule has 6 nitrogen and oxygen atoms in total. The third-order valence-electron chi connectivity index (χ3n) is 2.70. The minimum atomic E-state index is -4.62. The topological polar surface area (TPSA) is 111 Å². The van der Waals surface area contributed by atoms with Crippen LogP contribution < -0.4 is 29.6 Å². The number of rotatable bonds is 2. The quantitative estimate of drug-likeness (QED) is 0.198. The van der Waals surface area contributed by atoms with Crippen molar-refractivity contribution in [1.29, 1.82) is 0 Å². The average molecular weight is 286 g/mol. The zero-order chi connectivity index (χ0) is 13.3. The maximum absolute atomic E-state index is 11.1. The molecule has 0 N–H and O–H groups in total. The molecule has 0 radical (unpaired) electrons. The van der Waals surface area contributed by atoms with Gasteiger partial charge in [0.1, 0.15) is 22.3 Å². The van der Waals surface area contributed by atoms with Gasteiger partial charge in [0.05, 0.1) is 4.90 Å². The molecule has 1 atom stereocenters. The first-order valence-electron chi connectivity index (χ1n) is 4.93. The minimum absolute atomic E-state index is 0. The van der Waals surface area contributed by atoms with Crippen LogP contribution in [0.2, 0.25) is 0 Å². The van der Waals surface area contributed by atoms with Gasteiger partial charge in [-0.1, -0.05) is 12.1 Å². The third-order valence-corrected chi connectivity index (χ3v) is 3.59. The van der Waals surface area contributed by atoms with Crippen LogP contribution in [0.1, 0.15) is 17.0 Å². The van der Waals surface area contributed by atoms with Crippen molar-refractivity contribution < 1.29 is 52.1 Å². The Hall–Kier alpha value is -1.08. The summed E-state index contributed by atoms with van der Waals surface area (Å²) in [5, 5.41) is 0. The Kier molecular flexibility index (Phi) is 4.98. The van der Waals surface area contributed by atoms with E-state index in [2.05, 4.69) is 4.79 Å². The SMILES string of the molecule is [N-]=[N+]=C1C=Cc2c(cccc2S(=O)(=O)[O-])C1C=O.[Na+]. The monoisotopic (exact) mass is 286 g/mol. The molecule has 0 aromatic heterocycles. The maximum atomic E-state index is 11.1. The molecule has 0 amide bonds. The van der Waals surface area contributed by atoms with Crippen LogP contribution in [0.5, 0.6) is 0 Å². The zero-order valence-corrected chi connectivity index (χ0v) is 12.8. The van der Waals surface area contributed by atoms with E-state index < -0.39 is 16.0 Å². The van der Waals surface area contributed by atoms with Gasteiger partial charge in [0.15, 0.2) is 0 Å². The number of aldehydes is 1. The summed E-state index contributed by atoms with van der Waals surface area (Å²) < 4.78 is 33.3. The molecule has 19 heavy (non-hydrogen) atoms. The fourth-order valence-corrected chi connectivity index (χ4v) is 2.60. The molecule has 2 rings (SSSR count). The van der Waals surface area contributed by atoms with Crippen molar-refractivity contribution >= 4 is 28.2 Å². The van der Waals surface area contributed by atoms with E-state index in [0.29, 0.717) is 11.8 Å². The van der Waals surface area contributed by atoms with Crippen molar-refractivity contribution in [3.63, 3.8) is 0 Å². The third kappa shape index (κ3) is 2.92. The molecule has 0 saturated heterocycles. The molecule has 0 aliphatic heterocycles. The summed E-state index contributed by atoms with van der Waals surface area (Å²) in [7, 11) is -4.62. The molecule has 1 unspecified atom stereocenters. The van der Waals surface area contributed by atoms with E-state index in [4.69, 9.17) is 5.53 Å². The Balaban J connectivity index is 0.00000180. The van der Waals surface area contributed by atoms with Crippen LogP contribution in [0, 0.1) is 0 Å². The molecule has 1 aromatic carbocycles. The van der Waals surface area contributed by atoms with Gasteiger partial charge in [-0.3, -0.25) is 0 Å². The molecule has 0 heterocycles. The number of hydrogen-bond donors (Lipinski definition) is 0. The number of allylic oxidation sites excluding steroid dienone is 1. The summed E-state index contributed by atoms with van der Waals surface area (Å²) in [6.07, 6.45) is 3.17. The number of hydrogen-bond acceptors (Lipinski definition) is 4. The first-order chi connectivity index (χ1) is 8.49. The second-order valence-corrected chi connectivity index (χ2v) is 5.03. The smallest absolute Gasteiger partial charge is 0.744 e. The van der Waals surface area contributed by atoms with E-state index in [1.165, 1.54) is 30.4 Å². The van der Waals surface area contributed by atoms with E-state index in [-0.39, 0.29) is 45.7 Å². The van der Waals surface area contributed by atoms with Gasteiger partial charge in [0.25, 0.3) is 0 Å². The van der Waals surface area contributed by atoms with Crippen LogP contribution in [0.3, 0.4) is 0 Å². The fraction of sp³-hybridized carbons (Fsp3) is 0.0909. The summed E-state index contributed by atoms with van der Waals surface area (Å²) in [6, 6.07) is 4.06. The fourth-order valence-electron chi connectivity index (χ4n) is 1.90. The molecule has 0 bridgehead atoms. The maximum Gasteiger partial charge on any atom is 1.00 e. The van der Waals surface area contributed by atoms with Crippen LogP contribution >= 0.6 is 0 Å². The number of carbonyl (C=O) groups is 1. The van der Waals surface area contributed by atoms with Crippen LogP contribution in [0.15, 0.2) is 29.2 Å². The van der Waals surface area contributed by atoms with Gasteiger partial charge in [-0.05, 0) is 23.3 Å².